The van der Waals surface area contributed by atoms with Crippen molar-refractivity contribution in [3.63, 3.8) is 0 Å². The minimum atomic E-state index is -1.14. The summed E-state index contributed by atoms with van der Waals surface area (Å²) in [6.45, 7) is 1.19. The molecule has 1 aromatic rings. The van der Waals surface area contributed by atoms with Crippen LogP contribution >= 0.6 is 0 Å². The Hall–Kier alpha value is -1.68. The van der Waals surface area contributed by atoms with Gasteiger partial charge in [-0.05, 0) is 35.8 Å². The van der Waals surface area contributed by atoms with Gasteiger partial charge in [0, 0.05) is 6.08 Å². The Bertz CT molecular complexity index is 410. The molecule has 1 rings (SSSR count). The molecule has 0 aliphatic rings. The molecule has 80 valence electrons. The van der Waals surface area contributed by atoms with Crippen LogP contribution in [-0.4, -0.2) is 22.8 Å². The van der Waals surface area contributed by atoms with Gasteiger partial charge in [0.2, 0.25) is 0 Å². The van der Waals surface area contributed by atoms with Gasteiger partial charge in [0.05, 0.1) is 6.61 Å². The normalized spacial score (nSPS) is 11.5. The summed E-state index contributed by atoms with van der Waals surface area (Å²) in [6.07, 6.45) is 0.909. The maximum Gasteiger partial charge on any atom is 0.328 e. The van der Waals surface area contributed by atoms with Crippen LogP contribution in [0.1, 0.15) is 11.1 Å². The largest absolute Gasteiger partial charge is 0.478 e. The number of hydrogen-bond donors (Lipinski definition) is 2. The van der Waals surface area contributed by atoms with Crippen LogP contribution in [0.15, 0.2) is 24.3 Å². The van der Waals surface area contributed by atoms with Gasteiger partial charge in [-0.1, -0.05) is 6.07 Å². The molecule has 0 fully saturated rings. The third-order valence-electron chi connectivity index (χ3n) is 2.00. The van der Waals surface area contributed by atoms with E-state index in [2.05, 4.69) is 0 Å². The fourth-order valence-electron chi connectivity index (χ4n) is 1.21. The molecule has 0 radical (unpaired) electrons. The second-order valence-electron chi connectivity index (χ2n) is 3.13. The van der Waals surface area contributed by atoms with Crippen molar-refractivity contribution in [2.24, 2.45) is 0 Å². The molecule has 15 heavy (non-hydrogen) atoms. The van der Waals surface area contributed by atoms with Gasteiger partial charge in [-0.2, -0.15) is 0 Å². The number of aliphatic hydroxyl groups is 1. The summed E-state index contributed by atoms with van der Waals surface area (Å²) in [5.74, 6) is -1.49. The van der Waals surface area contributed by atoms with Gasteiger partial charge < -0.3 is 10.2 Å². The first-order valence-corrected chi connectivity index (χ1v) is 4.35. The fraction of sp³-hybridized carbons (Fsp3) is 0.182. The van der Waals surface area contributed by atoms with Gasteiger partial charge in [-0.15, -0.1) is 0 Å². The number of rotatable bonds is 3. The maximum absolute atomic E-state index is 12.9. The molecule has 1 aromatic carbocycles. The standard InChI is InChI=1S/C11H11FO3/c1-7-4-8(2-3-10(7)12)9(6-13)5-11(14)15/h2-5,13H,6H2,1H3,(H,14,15)/b9-5+. The lowest BCUT2D eigenvalue weighted by Gasteiger charge is -2.05. The lowest BCUT2D eigenvalue weighted by Crippen LogP contribution is -1.97. The predicted octanol–water partition coefficient (Wildman–Crippen LogP) is 1.59. The summed E-state index contributed by atoms with van der Waals surface area (Å²) in [6, 6.07) is 4.18. The summed E-state index contributed by atoms with van der Waals surface area (Å²) in [7, 11) is 0. The van der Waals surface area contributed by atoms with Crippen LogP contribution < -0.4 is 0 Å². The summed E-state index contributed by atoms with van der Waals surface area (Å²) in [4.78, 5) is 10.4. The first-order valence-electron chi connectivity index (χ1n) is 4.35. The molecule has 0 aliphatic heterocycles. The highest BCUT2D eigenvalue weighted by molar-refractivity contribution is 5.90. The van der Waals surface area contributed by atoms with Gasteiger partial charge in [0.1, 0.15) is 5.82 Å². The molecular weight excluding hydrogens is 199 g/mol. The fourth-order valence-corrected chi connectivity index (χ4v) is 1.21. The minimum absolute atomic E-state index is 0.255. The van der Waals surface area contributed by atoms with E-state index in [1.807, 2.05) is 0 Å². The Morgan fingerprint density at radius 3 is 2.67 bits per heavy atom. The average molecular weight is 210 g/mol. The lowest BCUT2D eigenvalue weighted by molar-refractivity contribution is -0.131. The van der Waals surface area contributed by atoms with Crippen molar-refractivity contribution in [2.75, 3.05) is 6.61 Å². The number of aliphatic hydroxyl groups excluding tert-OH is 1. The SMILES string of the molecule is Cc1cc(/C(=C/C(=O)O)CO)ccc1F. The summed E-state index contributed by atoms with van der Waals surface area (Å²) in [5, 5.41) is 17.5. The van der Waals surface area contributed by atoms with Crippen LogP contribution in [-0.2, 0) is 4.79 Å². The Kier molecular flexibility index (Phi) is 3.57. The molecule has 0 atom stereocenters. The zero-order valence-corrected chi connectivity index (χ0v) is 8.20. The molecule has 4 heteroatoms. The van der Waals surface area contributed by atoms with Gasteiger partial charge in [-0.25, -0.2) is 9.18 Å². The van der Waals surface area contributed by atoms with E-state index in [-0.39, 0.29) is 11.4 Å². The zero-order valence-electron chi connectivity index (χ0n) is 8.20. The van der Waals surface area contributed by atoms with Gasteiger partial charge >= 0.3 is 5.97 Å². The molecule has 0 heterocycles. The predicted molar refractivity (Wildman–Crippen MR) is 53.8 cm³/mol. The number of carboxylic acids is 1. The van der Waals surface area contributed by atoms with Crippen molar-refractivity contribution in [1.82, 2.24) is 0 Å². The smallest absolute Gasteiger partial charge is 0.328 e. The molecule has 2 N–H and O–H groups in total. The van der Waals surface area contributed by atoms with E-state index in [0.717, 1.165) is 6.08 Å². The molecular formula is C11H11FO3. The van der Waals surface area contributed by atoms with E-state index < -0.39 is 12.6 Å². The Morgan fingerprint density at radius 1 is 1.53 bits per heavy atom. The van der Waals surface area contributed by atoms with Crippen molar-refractivity contribution in [2.45, 2.75) is 6.92 Å². The quantitative estimate of drug-likeness (QED) is 0.745. The number of carbonyl (C=O) groups is 1. The highest BCUT2D eigenvalue weighted by atomic mass is 19.1. The molecule has 0 aromatic heterocycles. The number of benzene rings is 1. The molecule has 0 unspecified atom stereocenters. The van der Waals surface area contributed by atoms with Gasteiger partial charge in [0.15, 0.2) is 0 Å². The van der Waals surface area contributed by atoms with Crippen molar-refractivity contribution in [1.29, 1.82) is 0 Å². The first kappa shape index (κ1) is 11.4. The number of carboxylic acid groups (broad SMARTS) is 1. The van der Waals surface area contributed by atoms with E-state index >= 15 is 0 Å². The van der Waals surface area contributed by atoms with Crippen LogP contribution in [0.25, 0.3) is 5.57 Å². The summed E-state index contributed by atoms with van der Waals surface area (Å²) >= 11 is 0. The molecule has 0 saturated carbocycles. The number of aryl methyl sites for hydroxylation is 1. The van der Waals surface area contributed by atoms with Crippen LogP contribution in [0.4, 0.5) is 4.39 Å². The number of aliphatic carboxylic acids is 1. The maximum atomic E-state index is 12.9. The highest BCUT2D eigenvalue weighted by Gasteiger charge is 2.05. The lowest BCUT2D eigenvalue weighted by atomic mass is 10.0. The van der Waals surface area contributed by atoms with Gasteiger partial charge in [0.25, 0.3) is 0 Å². The molecule has 0 saturated heterocycles. The van der Waals surface area contributed by atoms with Crippen molar-refractivity contribution in [3.05, 3.63) is 41.2 Å². The molecule has 0 aliphatic carbocycles. The van der Waals surface area contributed by atoms with Gasteiger partial charge in [-0.3, -0.25) is 0 Å². The monoisotopic (exact) mass is 210 g/mol. The summed E-state index contributed by atoms with van der Waals surface area (Å²) in [5.41, 5.74) is 1.18. The minimum Gasteiger partial charge on any atom is -0.478 e. The van der Waals surface area contributed by atoms with Crippen molar-refractivity contribution in [3.8, 4) is 0 Å². The highest BCUT2D eigenvalue weighted by Crippen LogP contribution is 2.17. The third-order valence-corrected chi connectivity index (χ3v) is 2.00. The molecule has 3 nitrogen and oxygen atoms in total. The van der Waals surface area contributed by atoms with E-state index in [1.54, 1.807) is 6.92 Å². The topological polar surface area (TPSA) is 57.5 Å². The van der Waals surface area contributed by atoms with E-state index in [0.29, 0.717) is 11.1 Å². The van der Waals surface area contributed by atoms with E-state index in [1.165, 1.54) is 18.2 Å². The van der Waals surface area contributed by atoms with Crippen LogP contribution in [0.5, 0.6) is 0 Å². The van der Waals surface area contributed by atoms with Crippen molar-refractivity contribution >= 4 is 11.5 Å². The molecule has 0 amide bonds. The third kappa shape index (κ3) is 2.89. The van der Waals surface area contributed by atoms with Crippen LogP contribution in [0.3, 0.4) is 0 Å². The second kappa shape index (κ2) is 4.70. The van der Waals surface area contributed by atoms with Crippen molar-refractivity contribution < 1.29 is 19.4 Å². The molecule has 0 spiro atoms. The van der Waals surface area contributed by atoms with E-state index in [9.17, 15) is 9.18 Å². The zero-order chi connectivity index (χ0) is 11.4. The number of halogens is 1. The van der Waals surface area contributed by atoms with Crippen LogP contribution in [0.2, 0.25) is 0 Å². The second-order valence-corrected chi connectivity index (χ2v) is 3.13. The Labute approximate surface area is 86.5 Å². The molecule has 0 bridgehead atoms. The Morgan fingerprint density at radius 2 is 2.20 bits per heavy atom. The Balaban J connectivity index is 3.14. The summed E-state index contributed by atoms with van der Waals surface area (Å²) < 4.78 is 12.9. The number of hydrogen-bond acceptors (Lipinski definition) is 2. The average Bonchev–Trinajstić information content (AvgIpc) is 2.18. The first-order chi connectivity index (χ1) is 7.04. The van der Waals surface area contributed by atoms with E-state index in [4.69, 9.17) is 10.2 Å². The van der Waals surface area contributed by atoms with Crippen LogP contribution in [0, 0.1) is 12.7 Å².